The van der Waals surface area contributed by atoms with Crippen molar-refractivity contribution in [2.75, 3.05) is 6.61 Å². The molecule has 3 heterocycles. The Morgan fingerprint density at radius 3 is 2.25 bits per heavy atom. The van der Waals surface area contributed by atoms with Gasteiger partial charge < -0.3 is 44.5 Å². The number of pyridine rings is 2. The Hall–Kier alpha value is -3.46. The number of rotatable bonds is 12. The van der Waals surface area contributed by atoms with Gasteiger partial charge >= 0.3 is 6.61 Å². The van der Waals surface area contributed by atoms with Crippen LogP contribution in [0.1, 0.15) is 55.0 Å². The maximum absolute atomic E-state index is 13.1. The highest BCUT2D eigenvalue weighted by Crippen LogP contribution is 2.39. The number of nitrogens with zero attached hydrogens (tertiary/aromatic N) is 2. The average molecular weight is 619 g/mol. The number of alkyl halides is 2. The molecule has 5 rings (SSSR count). The number of ether oxygens (including phenoxy) is 4. The lowest BCUT2D eigenvalue weighted by atomic mass is 9.86. The highest BCUT2D eigenvalue weighted by molar-refractivity contribution is 5.47. The van der Waals surface area contributed by atoms with Gasteiger partial charge in [-0.25, -0.2) is 4.98 Å². The quantitative estimate of drug-likeness (QED) is 0.203. The summed E-state index contributed by atoms with van der Waals surface area (Å²) in [6.07, 6.45) is -1.98. The lowest BCUT2D eigenvalue weighted by molar-refractivity contribution is -0.278. The summed E-state index contributed by atoms with van der Waals surface area (Å²) in [5, 5.41) is 50.1. The maximum atomic E-state index is 13.1. The van der Waals surface area contributed by atoms with E-state index in [2.05, 4.69) is 9.97 Å². The first kappa shape index (κ1) is 31.9. The Kier molecular flexibility index (Phi) is 9.63. The third kappa shape index (κ3) is 7.60. The highest BCUT2D eigenvalue weighted by atomic mass is 19.3. The molecule has 2 aliphatic rings. The van der Waals surface area contributed by atoms with Crippen molar-refractivity contribution in [1.29, 1.82) is 0 Å². The summed E-state index contributed by atoms with van der Waals surface area (Å²) in [6.45, 7) is -0.330. The lowest BCUT2D eigenvalue weighted by Gasteiger charge is -2.39. The van der Waals surface area contributed by atoms with Crippen molar-refractivity contribution < 1.29 is 53.3 Å². The second kappa shape index (κ2) is 13.3. The van der Waals surface area contributed by atoms with Crippen molar-refractivity contribution in [2.45, 2.75) is 88.1 Å². The van der Waals surface area contributed by atoms with E-state index in [0.29, 0.717) is 12.1 Å². The standard InChI is InChI=1S/C31H36F2N2O9/c1-31(2,40)24-9-5-18(14-34-24)20(17-4-8-21(43-30(32)33)22(12-17)41-19-6-7-19)11-16-3-10-25(35-13-16)44-29-28(39)27(38)26(37)23(15-36)42-29/h3-5,8-10,12-14,19-20,23,26-30,36-40H,6-7,11,15H2,1-2H3/t20-,23?,26+,27?,28+,29-/m0/s1. The van der Waals surface area contributed by atoms with Crippen LogP contribution in [0, 0.1) is 0 Å². The van der Waals surface area contributed by atoms with Gasteiger partial charge in [0.25, 0.3) is 0 Å². The van der Waals surface area contributed by atoms with E-state index in [1.165, 1.54) is 6.07 Å². The van der Waals surface area contributed by atoms with Gasteiger partial charge in [0.2, 0.25) is 12.2 Å². The normalized spacial score (nSPS) is 24.6. The van der Waals surface area contributed by atoms with Gasteiger partial charge in [-0.3, -0.25) is 4.98 Å². The molecule has 238 valence electrons. The predicted molar refractivity (Wildman–Crippen MR) is 150 cm³/mol. The molecular weight excluding hydrogens is 582 g/mol. The number of aromatic nitrogens is 2. The minimum absolute atomic E-state index is 0.0544. The largest absolute Gasteiger partial charge is 0.487 e. The summed E-state index contributed by atoms with van der Waals surface area (Å²) in [6, 6.07) is 11.7. The number of aliphatic hydroxyl groups is 5. The van der Waals surface area contributed by atoms with Crippen LogP contribution in [0.15, 0.2) is 54.9 Å². The molecule has 2 aromatic heterocycles. The fraction of sp³-hybridized carbons (Fsp3) is 0.484. The monoisotopic (exact) mass is 618 g/mol. The van der Waals surface area contributed by atoms with Crippen LogP contribution in [-0.2, 0) is 16.8 Å². The van der Waals surface area contributed by atoms with Crippen molar-refractivity contribution in [3.8, 4) is 17.4 Å². The zero-order valence-electron chi connectivity index (χ0n) is 24.2. The van der Waals surface area contributed by atoms with E-state index < -0.39 is 49.5 Å². The number of halogens is 2. The molecule has 44 heavy (non-hydrogen) atoms. The number of aliphatic hydroxyl groups excluding tert-OH is 4. The number of hydrogen-bond donors (Lipinski definition) is 5. The fourth-order valence-corrected chi connectivity index (χ4v) is 4.91. The van der Waals surface area contributed by atoms with E-state index in [9.17, 15) is 34.3 Å². The van der Waals surface area contributed by atoms with Crippen molar-refractivity contribution in [3.05, 3.63) is 77.2 Å². The van der Waals surface area contributed by atoms with Crippen LogP contribution in [0.25, 0.3) is 0 Å². The third-order valence-electron chi connectivity index (χ3n) is 7.54. The van der Waals surface area contributed by atoms with Crippen LogP contribution in [-0.4, -0.2) is 85.5 Å². The SMILES string of the molecule is CC(C)(O)c1ccc([C@@H](Cc2ccc(O[C@@H]3OC(CO)[C@@H](O)C(O)[C@H]3O)nc2)c2ccc(OC(F)F)c(OC3CC3)c2)cn1. The van der Waals surface area contributed by atoms with Gasteiger partial charge in [-0.1, -0.05) is 18.2 Å². The van der Waals surface area contributed by atoms with E-state index in [-0.39, 0.29) is 29.4 Å². The third-order valence-corrected chi connectivity index (χ3v) is 7.54. The Balaban J connectivity index is 1.40. The Morgan fingerprint density at radius 2 is 1.66 bits per heavy atom. The van der Waals surface area contributed by atoms with Gasteiger partial charge in [0.05, 0.1) is 18.4 Å². The molecule has 1 aliphatic heterocycles. The molecule has 1 saturated heterocycles. The highest BCUT2D eigenvalue weighted by Gasteiger charge is 2.44. The lowest BCUT2D eigenvalue weighted by Crippen LogP contribution is -2.60. The molecule has 2 unspecified atom stereocenters. The van der Waals surface area contributed by atoms with Crippen molar-refractivity contribution in [2.24, 2.45) is 0 Å². The first-order valence-electron chi connectivity index (χ1n) is 14.3. The first-order valence-corrected chi connectivity index (χ1v) is 14.3. The average Bonchev–Trinajstić information content (AvgIpc) is 3.81. The van der Waals surface area contributed by atoms with Crippen LogP contribution in [0.2, 0.25) is 0 Å². The maximum Gasteiger partial charge on any atom is 0.387 e. The molecule has 0 amide bonds. The molecule has 1 aliphatic carbocycles. The van der Waals surface area contributed by atoms with Gasteiger partial charge in [0, 0.05) is 24.4 Å². The molecule has 2 fully saturated rings. The van der Waals surface area contributed by atoms with Crippen LogP contribution in [0.3, 0.4) is 0 Å². The van der Waals surface area contributed by atoms with Gasteiger partial charge in [-0.05, 0) is 68.0 Å². The summed E-state index contributed by atoms with van der Waals surface area (Å²) in [5.41, 5.74) is 1.64. The summed E-state index contributed by atoms with van der Waals surface area (Å²) in [7, 11) is 0. The molecule has 11 nitrogen and oxygen atoms in total. The summed E-state index contributed by atoms with van der Waals surface area (Å²) in [4.78, 5) is 8.76. The zero-order valence-corrected chi connectivity index (χ0v) is 24.2. The zero-order chi connectivity index (χ0) is 31.6. The van der Waals surface area contributed by atoms with Gasteiger partial charge in [-0.15, -0.1) is 0 Å². The van der Waals surface area contributed by atoms with Gasteiger partial charge in [-0.2, -0.15) is 8.78 Å². The molecule has 5 N–H and O–H groups in total. The molecule has 1 aromatic carbocycles. The van der Waals surface area contributed by atoms with Gasteiger partial charge in [0.1, 0.15) is 30.0 Å². The van der Waals surface area contributed by atoms with E-state index in [0.717, 1.165) is 29.5 Å². The minimum Gasteiger partial charge on any atom is -0.487 e. The Morgan fingerprint density at radius 1 is 0.909 bits per heavy atom. The number of hydrogen-bond acceptors (Lipinski definition) is 11. The minimum atomic E-state index is -3.01. The molecule has 1 saturated carbocycles. The smallest absolute Gasteiger partial charge is 0.387 e. The van der Waals surface area contributed by atoms with Crippen LogP contribution in [0.5, 0.6) is 17.4 Å². The fourth-order valence-electron chi connectivity index (χ4n) is 4.91. The molecule has 13 heteroatoms. The van der Waals surface area contributed by atoms with E-state index in [4.69, 9.17) is 18.9 Å². The van der Waals surface area contributed by atoms with Crippen LogP contribution in [0.4, 0.5) is 8.78 Å². The number of benzene rings is 1. The van der Waals surface area contributed by atoms with Crippen LogP contribution >= 0.6 is 0 Å². The van der Waals surface area contributed by atoms with Crippen molar-refractivity contribution in [3.63, 3.8) is 0 Å². The second-order valence-electron chi connectivity index (χ2n) is 11.5. The summed E-state index contributed by atoms with van der Waals surface area (Å²) >= 11 is 0. The Labute approximate surface area is 252 Å². The topological polar surface area (TPSA) is 164 Å². The predicted octanol–water partition coefficient (Wildman–Crippen LogP) is 2.40. The van der Waals surface area contributed by atoms with Crippen molar-refractivity contribution in [1.82, 2.24) is 9.97 Å². The molecule has 0 bridgehead atoms. The van der Waals surface area contributed by atoms with E-state index >= 15 is 0 Å². The molecule has 3 aromatic rings. The molecule has 6 atom stereocenters. The molecule has 0 radical (unpaired) electrons. The summed E-state index contributed by atoms with van der Waals surface area (Å²) < 4.78 is 47.8. The van der Waals surface area contributed by atoms with E-state index in [1.807, 2.05) is 6.07 Å². The van der Waals surface area contributed by atoms with E-state index in [1.54, 1.807) is 56.6 Å². The molecule has 0 spiro atoms. The van der Waals surface area contributed by atoms with Gasteiger partial charge in [0.15, 0.2) is 11.5 Å². The first-order chi connectivity index (χ1) is 20.9. The van der Waals surface area contributed by atoms with Crippen LogP contribution < -0.4 is 14.2 Å². The Bertz CT molecular complexity index is 1380. The molecular formula is C31H36F2N2O9. The second-order valence-corrected chi connectivity index (χ2v) is 11.5. The summed E-state index contributed by atoms with van der Waals surface area (Å²) in [5.74, 6) is -0.0991. The van der Waals surface area contributed by atoms with Crippen molar-refractivity contribution >= 4 is 0 Å².